The van der Waals surface area contributed by atoms with E-state index < -0.39 is 0 Å². The third-order valence-electron chi connectivity index (χ3n) is 7.46. The normalized spacial score (nSPS) is 18.4. The number of nitrogens with zero attached hydrogens (tertiary/aromatic N) is 3. The number of aromatic nitrogens is 1. The third kappa shape index (κ3) is 5.32. The number of para-hydroxylation sites is 1. The first-order chi connectivity index (χ1) is 19.1. The molecule has 39 heavy (non-hydrogen) atoms. The molecule has 0 aliphatic carbocycles. The Hall–Kier alpha value is -3.97. The van der Waals surface area contributed by atoms with Gasteiger partial charge in [0.1, 0.15) is 17.5 Å². The lowest BCUT2D eigenvalue weighted by atomic mass is 9.92. The molecule has 1 aromatic heterocycles. The first-order valence-electron chi connectivity index (χ1n) is 13.4. The zero-order valence-corrected chi connectivity index (χ0v) is 22.6. The number of benzene rings is 3. The number of aromatic amines is 1. The molecule has 0 fully saturated rings. The minimum absolute atomic E-state index is 0.332. The molecule has 7 nitrogen and oxygen atoms in total. The Bertz CT molecular complexity index is 1490. The average Bonchev–Trinajstić information content (AvgIpc) is 3.54. The van der Waals surface area contributed by atoms with Crippen molar-refractivity contribution in [1.82, 2.24) is 14.8 Å². The van der Waals surface area contributed by atoms with Crippen molar-refractivity contribution in [2.45, 2.75) is 31.8 Å². The number of hydrogen-bond donors (Lipinski definition) is 1. The number of rotatable bonds is 7. The second-order valence-electron chi connectivity index (χ2n) is 10.1. The zero-order chi connectivity index (χ0) is 26.8. The van der Waals surface area contributed by atoms with E-state index in [0.29, 0.717) is 36.4 Å². The summed E-state index contributed by atoms with van der Waals surface area (Å²) in [5.74, 6) is 1.33. The molecule has 3 aromatic carbocycles. The van der Waals surface area contributed by atoms with Gasteiger partial charge in [0.15, 0.2) is 0 Å². The first-order valence-corrected chi connectivity index (χ1v) is 13.8. The van der Waals surface area contributed by atoms with Gasteiger partial charge in [0.2, 0.25) is 0 Å². The van der Waals surface area contributed by atoms with E-state index in [2.05, 4.69) is 21.8 Å². The highest BCUT2D eigenvalue weighted by molar-refractivity contribution is 6.31. The summed E-state index contributed by atoms with van der Waals surface area (Å²) < 4.78 is 11.8. The number of nitrogens with one attached hydrogen (secondary N) is 1. The van der Waals surface area contributed by atoms with Gasteiger partial charge < -0.3 is 19.4 Å². The van der Waals surface area contributed by atoms with Gasteiger partial charge in [-0.1, -0.05) is 41.9 Å². The van der Waals surface area contributed by atoms with Crippen LogP contribution >= 0.6 is 11.6 Å². The highest BCUT2D eigenvalue weighted by atomic mass is 35.5. The summed E-state index contributed by atoms with van der Waals surface area (Å²) in [4.78, 5) is 25.4. The number of carbonyl (C=O) groups is 1. The summed E-state index contributed by atoms with van der Waals surface area (Å²) in [5.41, 5.74) is 4.15. The molecule has 2 unspecified atom stereocenters. The average molecular weight is 543 g/mol. The van der Waals surface area contributed by atoms with E-state index in [1.54, 1.807) is 17.0 Å². The number of amides is 1. The molecule has 200 valence electrons. The van der Waals surface area contributed by atoms with E-state index in [1.807, 2.05) is 67.0 Å². The minimum Gasteiger partial charge on any atom is -0.494 e. The largest absolute Gasteiger partial charge is 0.494 e. The highest BCUT2D eigenvalue weighted by Crippen LogP contribution is 2.40. The Labute approximate surface area is 233 Å². The molecule has 0 saturated heterocycles. The molecular formula is C31H31ClN4O3. The van der Waals surface area contributed by atoms with Gasteiger partial charge in [-0.2, -0.15) is 0 Å². The summed E-state index contributed by atoms with van der Waals surface area (Å²) in [7, 11) is 0. The number of H-pyrrole nitrogens is 1. The van der Waals surface area contributed by atoms with Crippen molar-refractivity contribution in [3.63, 3.8) is 0 Å². The van der Waals surface area contributed by atoms with Crippen LogP contribution in [0.4, 0.5) is 4.79 Å². The van der Waals surface area contributed by atoms with Gasteiger partial charge in [0, 0.05) is 40.8 Å². The lowest BCUT2D eigenvalue weighted by Crippen LogP contribution is -2.42. The highest BCUT2D eigenvalue weighted by Gasteiger charge is 2.35. The lowest BCUT2D eigenvalue weighted by molar-refractivity contribution is 0.135. The van der Waals surface area contributed by atoms with Crippen molar-refractivity contribution in [2.24, 2.45) is 4.99 Å². The molecule has 0 radical (unpaired) electrons. The smallest absolute Gasteiger partial charge is 0.416 e. The summed E-state index contributed by atoms with van der Waals surface area (Å²) in [5, 5.41) is 1.79. The Kier molecular flexibility index (Phi) is 7.16. The molecule has 1 N–H and O–H groups in total. The van der Waals surface area contributed by atoms with Crippen molar-refractivity contribution in [2.75, 3.05) is 26.2 Å². The molecule has 6 rings (SSSR count). The van der Waals surface area contributed by atoms with Crippen LogP contribution in [-0.4, -0.2) is 59.5 Å². The fourth-order valence-electron chi connectivity index (χ4n) is 5.44. The predicted octanol–water partition coefficient (Wildman–Crippen LogP) is 6.47. The molecule has 0 bridgehead atoms. The molecule has 8 heteroatoms. The monoisotopic (exact) mass is 542 g/mol. The molecular weight excluding hydrogens is 512 g/mol. The van der Waals surface area contributed by atoms with Crippen molar-refractivity contribution in [3.8, 4) is 11.5 Å². The van der Waals surface area contributed by atoms with Gasteiger partial charge in [-0.25, -0.2) is 4.79 Å². The number of carbonyl (C=O) groups excluding carboxylic acids is 1. The molecule has 1 amide bonds. The van der Waals surface area contributed by atoms with Crippen LogP contribution in [0.1, 0.15) is 36.2 Å². The topological polar surface area (TPSA) is 70.2 Å². The molecule has 2 atom stereocenters. The van der Waals surface area contributed by atoms with E-state index in [-0.39, 0.29) is 12.1 Å². The maximum absolute atomic E-state index is 13.4. The number of ether oxygens (including phenoxy) is 2. The molecule has 0 saturated carbocycles. The Balaban J connectivity index is 1.24. The first kappa shape index (κ1) is 25.3. The van der Waals surface area contributed by atoms with Crippen molar-refractivity contribution in [1.29, 1.82) is 0 Å². The number of hydrogen-bond acceptors (Lipinski definition) is 5. The maximum Gasteiger partial charge on any atom is 0.416 e. The van der Waals surface area contributed by atoms with Gasteiger partial charge >= 0.3 is 6.09 Å². The SMILES string of the molecule is CC1CN=CN1CCCOc1ccc(C2c3[nH]c4ccc(Cl)cc4c3CCN2C(=O)Oc2ccccc2)cc1. The lowest BCUT2D eigenvalue weighted by Gasteiger charge is -2.35. The van der Waals surface area contributed by atoms with Crippen LogP contribution in [0.5, 0.6) is 11.5 Å². The third-order valence-corrected chi connectivity index (χ3v) is 7.70. The standard InChI is InChI=1S/C31H31ClN4O3/c1-21-19-33-20-35(21)15-5-17-38-24-11-8-22(9-12-24)30-29-26(27-18-23(32)10-13-28(27)34-29)14-16-36(30)31(37)39-25-6-3-2-4-7-25/h2-4,6-13,18,20-21,30,34H,5,14-17,19H2,1H3. The number of aliphatic imine (C=N–C) groups is 1. The second-order valence-corrected chi connectivity index (χ2v) is 10.5. The molecule has 2 aliphatic heterocycles. The van der Waals surface area contributed by atoms with E-state index in [0.717, 1.165) is 47.4 Å². The Morgan fingerprint density at radius 2 is 1.90 bits per heavy atom. The molecule has 2 aliphatic rings. The van der Waals surface area contributed by atoms with Crippen molar-refractivity contribution >= 4 is 34.9 Å². The van der Waals surface area contributed by atoms with Crippen LogP contribution in [0.15, 0.2) is 77.8 Å². The van der Waals surface area contributed by atoms with Gasteiger partial charge in [-0.15, -0.1) is 0 Å². The fraction of sp³-hybridized carbons (Fsp3) is 0.290. The van der Waals surface area contributed by atoms with Crippen molar-refractivity contribution in [3.05, 3.63) is 94.6 Å². The van der Waals surface area contributed by atoms with Gasteiger partial charge in [-0.05, 0) is 73.4 Å². The zero-order valence-electron chi connectivity index (χ0n) is 21.8. The summed E-state index contributed by atoms with van der Waals surface area (Å²) in [6.07, 6.45) is 3.18. The van der Waals surface area contributed by atoms with Crippen LogP contribution in [0.25, 0.3) is 10.9 Å². The minimum atomic E-state index is -0.381. The van der Waals surface area contributed by atoms with Crippen LogP contribution in [0.2, 0.25) is 5.02 Å². The fourth-order valence-corrected chi connectivity index (χ4v) is 5.61. The van der Waals surface area contributed by atoms with Crippen LogP contribution < -0.4 is 9.47 Å². The van der Waals surface area contributed by atoms with Crippen molar-refractivity contribution < 1.29 is 14.3 Å². The van der Waals surface area contributed by atoms with E-state index in [4.69, 9.17) is 21.1 Å². The number of fused-ring (bicyclic) bond motifs is 3. The molecule has 0 spiro atoms. The molecule has 4 aromatic rings. The molecule has 3 heterocycles. The van der Waals surface area contributed by atoms with Crippen LogP contribution in [0, 0.1) is 0 Å². The summed E-state index contributed by atoms with van der Waals surface area (Å²) in [6, 6.07) is 23.2. The second kappa shape index (κ2) is 11.0. The summed E-state index contributed by atoms with van der Waals surface area (Å²) in [6.45, 7) is 5.13. The predicted molar refractivity (Wildman–Crippen MR) is 154 cm³/mol. The van der Waals surface area contributed by atoms with Crippen LogP contribution in [0.3, 0.4) is 0 Å². The van der Waals surface area contributed by atoms with Crippen LogP contribution in [-0.2, 0) is 6.42 Å². The Morgan fingerprint density at radius 1 is 1.08 bits per heavy atom. The summed E-state index contributed by atoms with van der Waals surface area (Å²) >= 11 is 6.33. The van der Waals surface area contributed by atoms with E-state index >= 15 is 0 Å². The van der Waals surface area contributed by atoms with Gasteiger partial charge in [0.05, 0.1) is 19.5 Å². The number of halogens is 1. The maximum atomic E-state index is 13.4. The van der Waals surface area contributed by atoms with Gasteiger partial charge in [0.25, 0.3) is 0 Å². The van der Waals surface area contributed by atoms with E-state index in [1.165, 1.54) is 5.56 Å². The quantitative estimate of drug-likeness (QED) is 0.272. The van der Waals surface area contributed by atoms with Gasteiger partial charge in [-0.3, -0.25) is 9.89 Å². The Morgan fingerprint density at radius 3 is 2.67 bits per heavy atom. The van der Waals surface area contributed by atoms with E-state index in [9.17, 15) is 4.79 Å².